The molecule has 66 heavy (non-hydrogen) atoms. The number of aliphatic hydroxyl groups is 5. The third-order valence-electron chi connectivity index (χ3n) is 11.0. The van der Waals surface area contributed by atoms with Gasteiger partial charge in [-0.3, -0.25) is 23.2 Å². The number of allylic oxidation sites excluding steroid dienone is 7. The molecule has 0 heterocycles. The highest BCUT2D eigenvalue weighted by Crippen LogP contribution is 2.49. The van der Waals surface area contributed by atoms with Gasteiger partial charge in [-0.15, -0.1) is 0 Å². The van der Waals surface area contributed by atoms with Crippen LogP contribution in [0.25, 0.3) is 0 Å². The number of ether oxygens (including phenoxy) is 2. The number of phosphoric acid groups is 2. The predicted octanol–water partition coefficient (Wildman–Crippen LogP) is 8.26. The molecule has 0 bridgehead atoms. The first-order valence-corrected chi connectivity index (χ1v) is 27.3. The summed E-state index contributed by atoms with van der Waals surface area (Å²) in [6, 6.07) is 0. The van der Waals surface area contributed by atoms with Gasteiger partial charge in [0.1, 0.15) is 43.2 Å². The molecule has 384 valence electrons. The molecule has 1 fully saturated rings. The lowest BCUT2D eigenvalue weighted by Gasteiger charge is -2.43. The Morgan fingerprint density at radius 1 is 0.561 bits per heavy atom. The maximum atomic E-state index is 13.0. The smallest absolute Gasteiger partial charge is 0.462 e. The van der Waals surface area contributed by atoms with Crippen molar-refractivity contribution < 1.29 is 82.0 Å². The van der Waals surface area contributed by atoms with E-state index in [1.807, 2.05) is 12.2 Å². The summed E-state index contributed by atoms with van der Waals surface area (Å²) in [5.74, 6) is -1.41. The summed E-state index contributed by atoms with van der Waals surface area (Å²) >= 11 is 0. The van der Waals surface area contributed by atoms with Crippen molar-refractivity contribution in [3.05, 3.63) is 48.6 Å². The molecule has 17 nitrogen and oxygen atoms in total. The van der Waals surface area contributed by atoms with Crippen molar-refractivity contribution in [1.29, 1.82) is 0 Å². The molecule has 19 heteroatoms. The lowest BCUT2D eigenvalue weighted by molar-refractivity contribution is -0.216. The SMILES string of the molecule is CCCCCC/C=C\CCCCCCCCCC(=O)OC[C@H](COP(=O)(O)O[C@H]1C(O)C(O)C(O)[C@@H](OP(=O)(O)O)C1O)OC(=O)CCCC(O)/C=C/C=C/C/C=C/CCCCCCCC. The van der Waals surface area contributed by atoms with E-state index in [4.69, 9.17) is 18.5 Å². The number of carbonyl (C=O) groups is 2. The van der Waals surface area contributed by atoms with Gasteiger partial charge in [0.15, 0.2) is 6.10 Å². The van der Waals surface area contributed by atoms with Gasteiger partial charge in [-0.05, 0) is 64.2 Å². The summed E-state index contributed by atoms with van der Waals surface area (Å²) in [5.41, 5.74) is 0. The summed E-state index contributed by atoms with van der Waals surface area (Å²) in [7, 11) is -10.7. The Bertz CT molecular complexity index is 1480. The normalized spacial score (nSPS) is 22.4. The van der Waals surface area contributed by atoms with E-state index < -0.39 is 89.6 Å². The van der Waals surface area contributed by atoms with E-state index in [2.05, 4.69) is 42.7 Å². The van der Waals surface area contributed by atoms with Crippen LogP contribution < -0.4 is 0 Å². The first kappa shape index (κ1) is 61.9. The van der Waals surface area contributed by atoms with E-state index in [9.17, 15) is 58.9 Å². The summed E-state index contributed by atoms with van der Waals surface area (Å²) in [4.78, 5) is 54.3. The molecule has 0 aromatic rings. The second kappa shape index (κ2) is 37.8. The minimum Gasteiger partial charge on any atom is -0.462 e. The number of aliphatic hydroxyl groups excluding tert-OH is 5. The van der Waals surface area contributed by atoms with Crippen LogP contribution in [0.5, 0.6) is 0 Å². The van der Waals surface area contributed by atoms with E-state index in [1.165, 1.54) is 64.2 Å². The van der Waals surface area contributed by atoms with E-state index >= 15 is 0 Å². The molecule has 0 radical (unpaired) electrons. The Morgan fingerprint density at radius 2 is 1.06 bits per heavy atom. The van der Waals surface area contributed by atoms with Crippen LogP contribution in [-0.2, 0) is 41.8 Å². The van der Waals surface area contributed by atoms with E-state index in [0.717, 1.165) is 64.2 Å². The maximum absolute atomic E-state index is 13.0. The van der Waals surface area contributed by atoms with Crippen molar-refractivity contribution in [3.63, 3.8) is 0 Å². The Labute approximate surface area is 393 Å². The molecule has 0 amide bonds. The molecule has 1 rings (SSSR count). The Hall–Kier alpha value is -2.08. The Kier molecular flexibility index (Phi) is 35.4. The van der Waals surface area contributed by atoms with Crippen molar-refractivity contribution in [2.75, 3.05) is 13.2 Å². The highest BCUT2D eigenvalue weighted by molar-refractivity contribution is 7.47. The lowest BCUT2D eigenvalue weighted by atomic mass is 9.85. The van der Waals surface area contributed by atoms with Crippen molar-refractivity contribution in [2.45, 2.75) is 223 Å². The third kappa shape index (κ3) is 31.9. The number of hydrogen-bond acceptors (Lipinski definition) is 14. The van der Waals surface area contributed by atoms with Gasteiger partial charge in [-0.25, -0.2) is 9.13 Å². The van der Waals surface area contributed by atoms with Crippen molar-refractivity contribution in [1.82, 2.24) is 0 Å². The fourth-order valence-corrected chi connectivity index (χ4v) is 8.69. The fraction of sp³-hybridized carbons (Fsp3) is 0.787. The van der Waals surface area contributed by atoms with Crippen molar-refractivity contribution in [2.24, 2.45) is 0 Å². The van der Waals surface area contributed by atoms with Crippen molar-refractivity contribution >= 4 is 27.6 Å². The molecule has 0 aliphatic heterocycles. The van der Waals surface area contributed by atoms with Crippen molar-refractivity contribution in [3.8, 4) is 0 Å². The van der Waals surface area contributed by atoms with E-state index in [0.29, 0.717) is 6.42 Å². The van der Waals surface area contributed by atoms with Gasteiger partial charge >= 0.3 is 27.6 Å². The van der Waals surface area contributed by atoms with Crippen LogP contribution in [0.1, 0.15) is 174 Å². The number of unbranched alkanes of at least 4 members (excludes halogenated alkanes) is 17. The van der Waals surface area contributed by atoms with Crippen LogP contribution in [0.2, 0.25) is 0 Å². The molecular formula is C47H84O17P2. The quantitative estimate of drug-likeness (QED) is 0.00943. The number of phosphoric ester groups is 2. The molecular weight excluding hydrogens is 898 g/mol. The lowest BCUT2D eigenvalue weighted by Crippen LogP contribution is -2.64. The van der Waals surface area contributed by atoms with Gasteiger partial charge in [-0.2, -0.15) is 0 Å². The number of hydrogen-bond donors (Lipinski definition) is 8. The van der Waals surface area contributed by atoms with Crippen LogP contribution in [0.15, 0.2) is 48.6 Å². The van der Waals surface area contributed by atoms with Gasteiger partial charge in [0.2, 0.25) is 0 Å². The van der Waals surface area contributed by atoms with Gasteiger partial charge in [-0.1, -0.05) is 146 Å². The van der Waals surface area contributed by atoms with E-state index in [-0.39, 0.29) is 25.7 Å². The summed E-state index contributed by atoms with van der Waals surface area (Å²) in [5, 5.41) is 51.6. The molecule has 1 saturated carbocycles. The highest BCUT2D eigenvalue weighted by atomic mass is 31.2. The number of carbonyl (C=O) groups excluding carboxylic acids is 2. The van der Waals surface area contributed by atoms with Gasteiger partial charge in [0, 0.05) is 12.8 Å². The molecule has 1 aliphatic carbocycles. The maximum Gasteiger partial charge on any atom is 0.472 e. The largest absolute Gasteiger partial charge is 0.472 e. The first-order valence-electron chi connectivity index (χ1n) is 24.3. The minimum atomic E-state index is -5.39. The van der Waals surface area contributed by atoms with Gasteiger partial charge in [0.25, 0.3) is 0 Å². The molecule has 1 aliphatic rings. The fourth-order valence-electron chi connectivity index (χ4n) is 7.15. The molecule has 9 atom stereocenters. The molecule has 8 N–H and O–H groups in total. The van der Waals surface area contributed by atoms with Gasteiger partial charge < -0.3 is 49.7 Å². The zero-order valence-electron chi connectivity index (χ0n) is 39.5. The molecule has 6 unspecified atom stereocenters. The third-order valence-corrected chi connectivity index (χ3v) is 12.5. The van der Waals surface area contributed by atoms with Crippen LogP contribution in [0, 0.1) is 0 Å². The van der Waals surface area contributed by atoms with E-state index in [1.54, 1.807) is 12.2 Å². The average Bonchev–Trinajstić information content (AvgIpc) is 3.26. The zero-order chi connectivity index (χ0) is 49.1. The van der Waals surface area contributed by atoms with Crippen LogP contribution in [0.3, 0.4) is 0 Å². The van der Waals surface area contributed by atoms with Crippen LogP contribution in [0.4, 0.5) is 0 Å². The second-order valence-electron chi connectivity index (χ2n) is 17.0. The average molecular weight is 983 g/mol. The van der Waals surface area contributed by atoms with Crippen LogP contribution >= 0.6 is 15.6 Å². The number of rotatable bonds is 40. The highest BCUT2D eigenvalue weighted by Gasteiger charge is 2.54. The molecule has 0 spiro atoms. The predicted molar refractivity (Wildman–Crippen MR) is 252 cm³/mol. The topological polar surface area (TPSA) is 276 Å². The minimum absolute atomic E-state index is 0.0756. The molecule has 0 aromatic heterocycles. The monoisotopic (exact) mass is 983 g/mol. The Balaban J connectivity index is 2.67. The van der Waals surface area contributed by atoms with Crippen LogP contribution in [-0.4, -0.2) is 114 Å². The standard InChI is InChI=1S/C47H84O17P2/c1-3-5-7-9-11-13-15-17-18-20-22-24-26-28-30-34-40(49)60-36-39(37-61-66(58,59)64-47-44(53)42(51)43(52)46(45(47)54)63-65(55,56)57)62-41(50)35-31-33-38(48)32-29-27-25-23-21-19-16-14-12-10-8-6-4-2/h13,15,19,21,25,27,29,32,38-39,42-48,51-54H,3-12,14,16-18,20,22-24,26,28,30-31,33-37H2,1-2H3,(H,58,59)(H2,55,56,57)/b15-13-,21-19+,27-25+,32-29+/t38?,39-,42?,43?,44?,45?,46-,47+/m1/s1. The first-order chi connectivity index (χ1) is 31.5. The zero-order valence-corrected chi connectivity index (χ0v) is 41.3. The number of esters is 2. The summed E-state index contributed by atoms with van der Waals surface area (Å²) in [6.45, 7) is 2.93. The van der Waals surface area contributed by atoms with Gasteiger partial charge in [0.05, 0.1) is 12.7 Å². The molecule has 0 aromatic carbocycles. The molecule has 0 saturated heterocycles. The summed E-state index contributed by atoms with van der Waals surface area (Å²) < 4.78 is 49.2. The Morgan fingerprint density at radius 3 is 1.64 bits per heavy atom. The summed E-state index contributed by atoms with van der Waals surface area (Å²) in [6.07, 6.45) is 23.7. The second-order valence-corrected chi connectivity index (χ2v) is 19.6.